The molecule has 0 aliphatic carbocycles. The van der Waals surface area contributed by atoms with Crippen molar-refractivity contribution in [2.45, 2.75) is 26.6 Å². The molecule has 0 saturated carbocycles. The fourth-order valence-corrected chi connectivity index (χ4v) is 1.30. The molecule has 0 bridgehead atoms. The smallest absolute Gasteiger partial charge is 0.305 e. The third-order valence-corrected chi connectivity index (χ3v) is 1.96. The molecule has 1 aromatic carbocycles. The fourth-order valence-electron chi connectivity index (χ4n) is 1.30. The largest absolute Gasteiger partial charge is 0.493 e. The van der Waals surface area contributed by atoms with Crippen LogP contribution in [0.15, 0.2) is 30.3 Å². The van der Waals surface area contributed by atoms with Crippen molar-refractivity contribution in [1.82, 2.24) is 0 Å². The van der Waals surface area contributed by atoms with Crippen LogP contribution in [0, 0.1) is 0 Å². The molecule has 1 rings (SSSR count). The first-order valence-corrected chi connectivity index (χ1v) is 5.60. The first-order chi connectivity index (χ1) is 8.58. The van der Waals surface area contributed by atoms with Crippen LogP contribution in [0.2, 0.25) is 0 Å². The molecule has 0 aromatic heterocycles. The zero-order valence-corrected chi connectivity index (χ0v) is 10.4. The second-order valence-corrected chi connectivity index (χ2v) is 3.60. The zero-order chi connectivity index (χ0) is 13.4. The van der Waals surface area contributed by atoms with Gasteiger partial charge in [-0.1, -0.05) is 18.2 Å². The van der Waals surface area contributed by atoms with Crippen molar-refractivity contribution in [2.24, 2.45) is 0 Å². The van der Waals surface area contributed by atoms with Gasteiger partial charge in [0.1, 0.15) is 5.75 Å². The van der Waals surface area contributed by atoms with Gasteiger partial charge in [-0.05, 0) is 12.1 Å². The van der Waals surface area contributed by atoms with Crippen molar-refractivity contribution in [3.05, 3.63) is 30.3 Å². The van der Waals surface area contributed by atoms with Gasteiger partial charge in [-0.25, -0.2) is 0 Å². The topological polar surface area (TPSA) is 61.8 Å². The van der Waals surface area contributed by atoms with Gasteiger partial charge in [-0.15, -0.1) is 0 Å². The lowest BCUT2D eigenvalue weighted by molar-refractivity contribution is -0.186. The molecule has 0 unspecified atom stereocenters. The molecule has 1 aromatic rings. The number of rotatable bonds is 6. The number of carbonyl (C=O) groups excluding carboxylic acids is 2. The van der Waals surface area contributed by atoms with Crippen molar-refractivity contribution >= 4 is 11.9 Å². The molecule has 5 heteroatoms. The molecular weight excluding hydrogens is 236 g/mol. The Morgan fingerprint density at radius 2 is 1.61 bits per heavy atom. The van der Waals surface area contributed by atoms with Crippen molar-refractivity contribution in [3.63, 3.8) is 0 Å². The molecular formula is C13H16O5. The molecule has 0 atom stereocenters. The molecule has 5 nitrogen and oxygen atoms in total. The Morgan fingerprint density at radius 1 is 1.06 bits per heavy atom. The fraction of sp³-hybridized carbons (Fsp3) is 0.385. The summed E-state index contributed by atoms with van der Waals surface area (Å²) in [5.74, 6) is -0.288. The maximum absolute atomic E-state index is 10.8. The van der Waals surface area contributed by atoms with Crippen LogP contribution in [0.3, 0.4) is 0 Å². The molecule has 98 valence electrons. The summed E-state index contributed by atoms with van der Waals surface area (Å²) in [5, 5.41) is 0. The summed E-state index contributed by atoms with van der Waals surface area (Å²) in [6, 6.07) is 9.21. The van der Waals surface area contributed by atoms with Crippen molar-refractivity contribution in [1.29, 1.82) is 0 Å². The van der Waals surface area contributed by atoms with Gasteiger partial charge < -0.3 is 14.2 Å². The molecule has 0 amide bonds. The second-order valence-electron chi connectivity index (χ2n) is 3.60. The highest BCUT2D eigenvalue weighted by atomic mass is 16.7. The minimum atomic E-state index is -0.899. The van der Waals surface area contributed by atoms with Crippen molar-refractivity contribution in [2.75, 3.05) is 6.61 Å². The molecule has 0 radical (unpaired) electrons. The Balaban J connectivity index is 2.37. The highest BCUT2D eigenvalue weighted by Crippen LogP contribution is 2.10. The van der Waals surface area contributed by atoms with Crippen LogP contribution in [-0.4, -0.2) is 24.8 Å². The molecule has 18 heavy (non-hydrogen) atoms. The highest BCUT2D eigenvalue weighted by Gasteiger charge is 2.15. The van der Waals surface area contributed by atoms with Gasteiger partial charge >= 0.3 is 11.9 Å². The van der Waals surface area contributed by atoms with Gasteiger partial charge in [0.15, 0.2) is 0 Å². The molecule has 0 aliphatic heterocycles. The molecule has 0 saturated heterocycles. The predicted octanol–water partition coefficient (Wildman–Crippen LogP) is 1.91. The van der Waals surface area contributed by atoms with Gasteiger partial charge in [0.05, 0.1) is 13.0 Å². The lowest BCUT2D eigenvalue weighted by Gasteiger charge is -2.16. The van der Waals surface area contributed by atoms with Crippen molar-refractivity contribution in [3.8, 4) is 5.75 Å². The van der Waals surface area contributed by atoms with E-state index in [1.54, 1.807) is 0 Å². The molecule has 0 heterocycles. The van der Waals surface area contributed by atoms with Crippen LogP contribution in [-0.2, 0) is 19.1 Å². The Labute approximate surface area is 106 Å². The zero-order valence-electron chi connectivity index (χ0n) is 10.4. The SMILES string of the molecule is CC(=O)OC(CCOc1ccccc1)OC(C)=O. The predicted molar refractivity (Wildman–Crippen MR) is 63.9 cm³/mol. The van der Waals surface area contributed by atoms with Gasteiger partial charge in [-0.3, -0.25) is 9.59 Å². The van der Waals surface area contributed by atoms with Gasteiger partial charge in [0, 0.05) is 13.8 Å². The molecule has 0 aliphatic rings. The van der Waals surface area contributed by atoms with E-state index in [0.29, 0.717) is 5.75 Å². The molecule has 0 spiro atoms. The van der Waals surface area contributed by atoms with E-state index in [9.17, 15) is 9.59 Å². The normalized spacial score (nSPS) is 9.94. The Morgan fingerprint density at radius 3 is 2.11 bits per heavy atom. The van der Waals surface area contributed by atoms with Gasteiger partial charge in [0.2, 0.25) is 0 Å². The maximum Gasteiger partial charge on any atom is 0.305 e. The van der Waals surface area contributed by atoms with E-state index in [1.165, 1.54) is 13.8 Å². The summed E-state index contributed by atoms with van der Waals surface area (Å²) in [6.07, 6.45) is -0.614. The first kappa shape index (κ1) is 14.0. The summed E-state index contributed by atoms with van der Waals surface area (Å²) in [4.78, 5) is 21.6. The summed E-state index contributed by atoms with van der Waals surface area (Å²) >= 11 is 0. The standard InChI is InChI=1S/C13H16O5/c1-10(14)17-13(18-11(2)15)8-9-16-12-6-4-3-5-7-12/h3-7,13H,8-9H2,1-2H3. The summed E-state index contributed by atoms with van der Waals surface area (Å²) in [5.41, 5.74) is 0. The van der Waals surface area contributed by atoms with Crippen LogP contribution in [0.1, 0.15) is 20.3 Å². The Hall–Kier alpha value is -2.04. The number of hydrogen-bond donors (Lipinski definition) is 0. The monoisotopic (exact) mass is 252 g/mol. The van der Waals surface area contributed by atoms with Crippen molar-refractivity contribution < 1.29 is 23.8 Å². The summed E-state index contributed by atoms with van der Waals surface area (Å²) in [6.45, 7) is 2.80. The van der Waals surface area contributed by atoms with Gasteiger partial charge in [-0.2, -0.15) is 0 Å². The maximum atomic E-state index is 10.8. The van der Waals surface area contributed by atoms with Gasteiger partial charge in [0.25, 0.3) is 6.29 Å². The lowest BCUT2D eigenvalue weighted by atomic mass is 10.3. The number of carbonyl (C=O) groups is 2. The quantitative estimate of drug-likeness (QED) is 0.571. The van der Waals surface area contributed by atoms with E-state index in [0.717, 1.165) is 0 Å². The highest BCUT2D eigenvalue weighted by molar-refractivity contribution is 5.68. The summed E-state index contributed by atoms with van der Waals surface area (Å²) < 4.78 is 15.1. The second kappa shape index (κ2) is 7.32. The third kappa shape index (κ3) is 5.89. The minimum Gasteiger partial charge on any atom is -0.493 e. The van der Waals surface area contributed by atoms with Crippen LogP contribution in [0.5, 0.6) is 5.75 Å². The van der Waals surface area contributed by atoms with E-state index in [-0.39, 0.29) is 13.0 Å². The molecule has 0 N–H and O–H groups in total. The van der Waals surface area contributed by atoms with E-state index >= 15 is 0 Å². The van der Waals surface area contributed by atoms with E-state index in [2.05, 4.69) is 0 Å². The molecule has 0 fully saturated rings. The van der Waals surface area contributed by atoms with E-state index < -0.39 is 18.2 Å². The Kier molecular flexibility index (Phi) is 5.70. The van der Waals surface area contributed by atoms with Crippen LogP contribution < -0.4 is 4.74 Å². The number of para-hydroxylation sites is 1. The summed E-state index contributed by atoms with van der Waals surface area (Å²) in [7, 11) is 0. The minimum absolute atomic E-state index is 0.286. The lowest BCUT2D eigenvalue weighted by Crippen LogP contribution is -2.24. The van der Waals surface area contributed by atoms with Crippen LogP contribution >= 0.6 is 0 Å². The number of ether oxygens (including phenoxy) is 3. The first-order valence-electron chi connectivity index (χ1n) is 5.60. The van der Waals surface area contributed by atoms with E-state index in [4.69, 9.17) is 14.2 Å². The average molecular weight is 252 g/mol. The van der Waals surface area contributed by atoms with E-state index in [1.807, 2.05) is 30.3 Å². The third-order valence-electron chi connectivity index (χ3n) is 1.96. The average Bonchev–Trinajstić information content (AvgIpc) is 2.28. The number of benzene rings is 1. The Bertz CT molecular complexity index is 372. The van der Waals surface area contributed by atoms with Crippen LogP contribution in [0.25, 0.3) is 0 Å². The number of esters is 2. The number of hydrogen-bond acceptors (Lipinski definition) is 5. The van der Waals surface area contributed by atoms with Crippen LogP contribution in [0.4, 0.5) is 0 Å².